The minimum Gasteiger partial charge on any atom is -0.307 e. The number of hydrogen-bond donors (Lipinski definition) is 1. The summed E-state index contributed by atoms with van der Waals surface area (Å²) in [7, 11) is 0. The molecule has 3 rings (SSSR count). The predicted octanol–water partition coefficient (Wildman–Crippen LogP) is 2.93. The third kappa shape index (κ3) is 2.95. The van der Waals surface area contributed by atoms with Crippen molar-refractivity contribution in [3.63, 3.8) is 0 Å². The molecule has 102 valence electrons. The van der Waals surface area contributed by atoms with Crippen molar-refractivity contribution in [1.29, 1.82) is 0 Å². The van der Waals surface area contributed by atoms with E-state index in [2.05, 4.69) is 39.0 Å². The first-order chi connectivity index (χ1) is 9.83. The quantitative estimate of drug-likeness (QED) is 0.783. The van der Waals surface area contributed by atoms with Gasteiger partial charge in [0.2, 0.25) is 0 Å². The van der Waals surface area contributed by atoms with Crippen LogP contribution in [0.4, 0.5) is 0 Å². The minimum absolute atomic E-state index is 0.789. The molecule has 3 aromatic rings. The van der Waals surface area contributed by atoms with Crippen LogP contribution in [-0.2, 0) is 13.1 Å². The summed E-state index contributed by atoms with van der Waals surface area (Å²) in [5.41, 5.74) is 3.44. The van der Waals surface area contributed by atoms with Crippen molar-refractivity contribution in [2.24, 2.45) is 0 Å². The van der Waals surface area contributed by atoms with Crippen molar-refractivity contribution in [2.75, 3.05) is 0 Å². The first-order valence-corrected chi connectivity index (χ1v) is 7.40. The Balaban J connectivity index is 1.68. The highest BCUT2D eigenvalue weighted by molar-refractivity contribution is 7.09. The summed E-state index contributed by atoms with van der Waals surface area (Å²) in [5.74, 6) is 0. The summed E-state index contributed by atoms with van der Waals surface area (Å²) in [6.07, 6.45) is 3.75. The number of rotatable bonds is 5. The Morgan fingerprint density at radius 1 is 1.20 bits per heavy atom. The number of aryl methyl sites for hydroxylation is 1. The van der Waals surface area contributed by atoms with Gasteiger partial charge in [-0.25, -0.2) is 9.67 Å². The zero-order valence-corrected chi connectivity index (χ0v) is 12.1. The van der Waals surface area contributed by atoms with Crippen molar-refractivity contribution in [3.8, 4) is 5.69 Å². The van der Waals surface area contributed by atoms with Crippen LogP contribution in [0.3, 0.4) is 0 Å². The van der Waals surface area contributed by atoms with E-state index < -0.39 is 0 Å². The fraction of sp³-hybridized carbons (Fsp3) is 0.200. The number of aromatic nitrogens is 3. The Morgan fingerprint density at radius 3 is 2.85 bits per heavy atom. The number of hydrogen-bond acceptors (Lipinski definition) is 4. The molecule has 1 N–H and O–H groups in total. The average Bonchev–Trinajstić information content (AvgIpc) is 3.11. The molecule has 0 bridgehead atoms. The van der Waals surface area contributed by atoms with Crippen LogP contribution in [0.2, 0.25) is 0 Å². The van der Waals surface area contributed by atoms with Crippen LogP contribution in [0.1, 0.15) is 16.3 Å². The third-order valence-corrected chi connectivity index (χ3v) is 3.85. The number of para-hydroxylation sites is 1. The van der Waals surface area contributed by atoms with E-state index in [4.69, 9.17) is 0 Å². The molecule has 0 saturated heterocycles. The van der Waals surface area contributed by atoms with Gasteiger partial charge in [0.05, 0.1) is 16.4 Å². The maximum atomic E-state index is 4.45. The lowest BCUT2D eigenvalue weighted by Crippen LogP contribution is -2.14. The van der Waals surface area contributed by atoms with Gasteiger partial charge in [-0.15, -0.1) is 11.3 Å². The first-order valence-electron chi connectivity index (χ1n) is 6.52. The fourth-order valence-corrected chi connectivity index (χ4v) is 2.72. The molecule has 0 fully saturated rings. The third-order valence-electron chi connectivity index (χ3n) is 3.03. The van der Waals surface area contributed by atoms with E-state index >= 15 is 0 Å². The molecular weight excluding hydrogens is 268 g/mol. The lowest BCUT2D eigenvalue weighted by atomic mass is 10.2. The van der Waals surface area contributed by atoms with Crippen LogP contribution in [0.25, 0.3) is 5.69 Å². The highest BCUT2D eigenvalue weighted by Gasteiger charge is 2.04. The molecule has 0 atom stereocenters. The van der Waals surface area contributed by atoms with Crippen molar-refractivity contribution < 1.29 is 0 Å². The van der Waals surface area contributed by atoms with Crippen LogP contribution >= 0.6 is 11.3 Å². The summed E-state index contributed by atoms with van der Waals surface area (Å²) in [6.45, 7) is 3.62. The smallest absolute Gasteiger partial charge is 0.0897 e. The van der Waals surface area contributed by atoms with Gasteiger partial charge in [-0.3, -0.25) is 0 Å². The topological polar surface area (TPSA) is 42.7 Å². The molecule has 0 spiro atoms. The molecule has 0 aliphatic carbocycles. The standard InChI is InChI=1S/C15H16N4S/c1-12-18-14(11-20-12)10-16-9-13-5-2-3-6-15(13)19-8-4-7-17-19/h2-8,11,16H,9-10H2,1H3. The summed E-state index contributed by atoms with van der Waals surface area (Å²) >= 11 is 1.69. The van der Waals surface area contributed by atoms with Gasteiger partial charge in [-0.1, -0.05) is 18.2 Å². The van der Waals surface area contributed by atoms with Crippen LogP contribution in [0, 0.1) is 6.92 Å². The number of benzene rings is 1. The van der Waals surface area contributed by atoms with E-state index in [0.717, 1.165) is 29.5 Å². The Morgan fingerprint density at radius 2 is 2.10 bits per heavy atom. The van der Waals surface area contributed by atoms with Crippen LogP contribution in [-0.4, -0.2) is 14.8 Å². The van der Waals surface area contributed by atoms with E-state index in [-0.39, 0.29) is 0 Å². The SMILES string of the molecule is Cc1nc(CNCc2ccccc2-n2cccn2)cs1. The maximum Gasteiger partial charge on any atom is 0.0897 e. The molecule has 0 aliphatic heterocycles. The van der Waals surface area contributed by atoms with E-state index in [1.54, 1.807) is 17.5 Å². The lowest BCUT2D eigenvalue weighted by molar-refractivity contribution is 0.675. The van der Waals surface area contributed by atoms with Crippen molar-refractivity contribution >= 4 is 11.3 Å². The molecule has 20 heavy (non-hydrogen) atoms. The van der Waals surface area contributed by atoms with Gasteiger partial charge in [0, 0.05) is 30.9 Å². The molecule has 0 radical (unpaired) electrons. The van der Waals surface area contributed by atoms with Crippen LogP contribution < -0.4 is 5.32 Å². The van der Waals surface area contributed by atoms with E-state index in [9.17, 15) is 0 Å². The first kappa shape index (κ1) is 13.0. The Hall–Kier alpha value is -1.98. The Kier molecular flexibility index (Phi) is 3.90. The van der Waals surface area contributed by atoms with Gasteiger partial charge in [0.1, 0.15) is 0 Å². The van der Waals surface area contributed by atoms with E-state index in [1.807, 2.05) is 29.9 Å². The van der Waals surface area contributed by atoms with Gasteiger partial charge < -0.3 is 5.32 Å². The van der Waals surface area contributed by atoms with Gasteiger partial charge in [-0.05, 0) is 24.6 Å². The normalized spacial score (nSPS) is 10.8. The van der Waals surface area contributed by atoms with Crippen LogP contribution in [0.5, 0.6) is 0 Å². The van der Waals surface area contributed by atoms with Crippen molar-refractivity contribution in [1.82, 2.24) is 20.1 Å². The highest BCUT2D eigenvalue weighted by atomic mass is 32.1. The summed E-state index contributed by atoms with van der Waals surface area (Å²) in [5, 5.41) is 10.9. The zero-order chi connectivity index (χ0) is 13.8. The van der Waals surface area contributed by atoms with Gasteiger partial charge in [-0.2, -0.15) is 5.10 Å². The molecular formula is C15H16N4S. The summed E-state index contributed by atoms with van der Waals surface area (Å²) in [6, 6.07) is 10.2. The molecule has 0 unspecified atom stereocenters. The Labute approximate surface area is 122 Å². The predicted molar refractivity (Wildman–Crippen MR) is 81.0 cm³/mol. The highest BCUT2D eigenvalue weighted by Crippen LogP contribution is 2.13. The largest absolute Gasteiger partial charge is 0.307 e. The molecule has 1 aromatic carbocycles. The number of thiazole rings is 1. The van der Waals surface area contributed by atoms with Crippen LogP contribution in [0.15, 0.2) is 48.1 Å². The zero-order valence-electron chi connectivity index (χ0n) is 11.3. The lowest BCUT2D eigenvalue weighted by Gasteiger charge is -2.10. The fourth-order valence-electron chi connectivity index (χ4n) is 2.11. The number of nitrogens with one attached hydrogen (secondary N) is 1. The monoisotopic (exact) mass is 284 g/mol. The van der Waals surface area contributed by atoms with Gasteiger partial charge in [0.25, 0.3) is 0 Å². The molecule has 5 heteroatoms. The number of nitrogens with zero attached hydrogens (tertiary/aromatic N) is 3. The summed E-state index contributed by atoms with van der Waals surface area (Å²) in [4.78, 5) is 4.45. The second-order valence-electron chi connectivity index (χ2n) is 4.54. The Bertz CT molecular complexity index is 673. The molecule has 2 aromatic heterocycles. The van der Waals surface area contributed by atoms with Gasteiger partial charge in [0.15, 0.2) is 0 Å². The summed E-state index contributed by atoms with van der Waals surface area (Å²) < 4.78 is 1.89. The van der Waals surface area contributed by atoms with Crippen molar-refractivity contribution in [2.45, 2.75) is 20.0 Å². The molecule has 0 aliphatic rings. The van der Waals surface area contributed by atoms with Crippen molar-refractivity contribution in [3.05, 3.63) is 64.4 Å². The molecule has 4 nitrogen and oxygen atoms in total. The minimum atomic E-state index is 0.789. The molecule has 2 heterocycles. The van der Waals surface area contributed by atoms with E-state index in [1.165, 1.54) is 5.56 Å². The second kappa shape index (κ2) is 5.98. The maximum absolute atomic E-state index is 4.45. The second-order valence-corrected chi connectivity index (χ2v) is 5.60. The molecule has 0 amide bonds. The molecule has 0 saturated carbocycles. The van der Waals surface area contributed by atoms with E-state index in [0.29, 0.717) is 0 Å². The average molecular weight is 284 g/mol. The van der Waals surface area contributed by atoms with Gasteiger partial charge >= 0.3 is 0 Å².